The molecule has 2 atom stereocenters. The summed E-state index contributed by atoms with van der Waals surface area (Å²) in [5.41, 5.74) is 0.801. The van der Waals surface area contributed by atoms with Crippen LogP contribution in [0.15, 0.2) is 12.4 Å². The molecular weight excluding hydrogens is 282 g/mol. The minimum atomic E-state index is -0.0328. The van der Waals surface area contributed by atoms with E-state index in [0.717, 1.165) is 25.1 Å². The number of hydrogen-bond donors (Lipinski definition) is 1. The Morgan fingerprint density at radius 1 is 1.41 bits per heavy atom. The van der Waals surface area contributed by atoms with Crippen molar-refractivity contribution in [3.8, 4) is 0 Å². The molecule has 0 spiro atoms. The van der Waals surface area contributed by atoms with E-state index in [-0.39, 0.29) is 24.3 Å². The van der Waals surface area contributed by atoms with Crippen molar-refractivity contribution in [2.24, 2.45) is 13.0 Å². The first-order valence-electron chi connectivity index (χ1n) is 7.86. The van der Waals surface area contributed by atoms with Gasteiger partial charge < -0.3 is 15.1 Å². The van der Waals surface area contributed by atoms with E-state index in [1.807, 2.05) is 13.2 Å². The Labute approximate surface area is 130 Å². The third-order valence-corrected chi connectivity index (χ3v) is 4.51. The lowest BCUT2D eigenvalue weighted by Crippen LogP contribution is -2.54. The van der Waals surface area contributed by atoms with Crippen LogP contribution in [0.2, 0.25) is 0 Å². The second-order valence-electron chi connectivity index (χ2n) is 6.25. The summed E-state index contributed by atoms with van der Waals surface area (Å²) < 4.78 is 1.68. The van der Waals surface area contributed by atoms with E-state index >= 15 is 0 Å². The fourth-order valence-corrected chi connectivity index (χ4v) is 3.30. The molecule has 0 saturated carbocycles. The van der Waals surface area contributed by atoms with Crippen LogP contribution in [0.4, 0.5) is 5.69 Å². The Hall–Kier alpha value is -1.89. The van der Waals surface area contributed by atoms with Gasteiger partial charge in [0.15, 0.2) is 0 Å². The molecule has 1 aromatic heterocycles. The average molecular weight is 305 g/mol. The number of rotatable bonds is 2. The Kier molecular flexibility index (Phi) is 4.15. The smallest absolute Gasteiger partial charge is 0.246 e. The van der Waals surface area contributed by atoms with E-state index in [0.29, 0.717) is 19.1 Å². The molecule has 3 rings (SSSR count). The van der Waals surface area contributed by atoms with Crippen molar-refractivity contribution in [1.29, 1.82) is 0 Å². The lowest BCUT2D eigenvalue weighted by Gasteiger charge is -2.37. The Morgan fingerprint density at radius 2 is 2.23 bits per heavy atom. The van der Waals surface area contributed by atoms with E-state index in [4.69, 9.17) is 0 Å². The van der Waals surface area contributed by atoms with Crippen LogP contribution in [-0.2, 0) is 16.6 Å². The van der Waals surface area contributed by atoms with E-state index in [2.05, 4.69) is 17.3 Å². The predicted octanol–water partition coefficient (Wildman–Crippen LogP) is -0.0166. The number of hydrogen-bond acceptors (Lipinski definition) is 4. The highest BCUT2D eigenvalue weighted by Crippen LogP contribution is 2.21. The van der Waals surface area contributed by atoms with Gasteiger partial charge in [0.05, 0.1) is 11.9 Å². The van der Waals surface area contributed by atoms with Crippen molar-refractivity contribution < 1.29 is 9.59 Å². The third kappa shape index (κ3) is 2.99. The quantitative estimate of drug-likeness (QED) is 0.834. The summed E-state index contributed by atoms with van der Waals surface area (Å²) in [6.07, 6.45) is 5.23. The molecule has 2 amide bonds. The van der Waals surface area contributed by atoms with E-state index in [1.54, 1.807) is 20.7 Å². The van der Waals surface area contributed by atoms with Crippen LogP contribution in [0.5, 0.6) is 0 Å². The van der Waals surface area contributed by atoms with Crippen molar-refractivity contribution >= 4 is 17.5 Å². The molecule has 0 unspecified atom stereocenters. The second-order valence-corrected chi connectivity index (χ2v) is 6.25. The first-order chi connectivity index (χ1) is 10.5. The molecule has 0 aromatic carbocycles. The third-order valence-electron chi connectivity index (χ3n) is 4.51. The van der Waals surface area contributed by atoms with Crippen LogP contribution in [0, 0.1) is 5.92 Å². The number of aryl methyl sites for hydroxylation is 1. The summed E-state index contributed by atoms with van der Waals surface area (Å²) in [5.74, 6) is 0.149. The second kappa shape index (κ2) is 6.08. The Balaban J connectivity index is 1.62. The van der Waals surface area contributed by atoms with Crippen LogP contribution < -0.4 is 10.2 Å². The zero-order valence-electron chi connectivity index (χ0n) is 13.2. The van der Waals surface area contributed by atoms with Gasteiger partial charge >= 0.3 is 0 Å². The number of piperidine rings is 1. The van der Waals surface area contributed by atoms with Gasteiger partial charge in [-0.25, -0.2) is 0 Å². The zero-order valence-corrected chi connectivity index (χ0v) is 13.2. The maximum Gasteiger partial charge on any atom is 0.246 e. The van der Waals surface area contributed by atoms with Crippen LogP contribution in [0.1, 0.15) is 19.8 Å². The number of carbonyl (C=O) groups is 2. The van der Waals surface area contributed by atoms with Crippen molar-refractivity contribution in [2.75, 3.05) is 31.1 Å². The number of carbonyl (C=O) groups excluding carboxylic acids is 2. The first kappa shape index (κ1) is 15.0. The van der Waals surface area contributed by atoms with E-state index in [9.17, 15) is 9.59 Å². The summed E-state index contributed by atoms with van der Waals surface area (Å²) in [6, 6.07) is 0.370. The van der Waals surface area contributed by atoms with Gasteiger partial charge in [0.2, 0.25) is 11.8 Å². The number of piperazine rings is 1. The molecule has 22 heavy (non-hydrogen) atoms. The highest BCUT2D eigenvalue weighted by Gasteiger charge is 2.33. The molecule has 1 aromatic rings. The normalized spacial score (nSPS) is 26.4. The molecule has 1 N–H and O–H groups in total. The van der Waals surface area contributed by atoms with E-state index in [1.165, 1.54) is 0 Å². The SMILES string of the molecule is C[C@H]1C[C@@H](C(=O)N2CCN(c3cnn(C)c3)C(=O)C2)CCN1. The summed E-state index contributed by atoms with van der Waals surface area (Å²) in [6.45, 7) is 4.28. The lowest BCUT2D eigenvalue weighted by atomic mass is 9.92. The molecule has 120 valence electrons. The fraction of sp³-hybridized carbons (Fsp3) is 0.667. The monoisotopic (exact) mass is 305 g/mol. The molecular formula is C15H23N5O2. The molecule has 2 aliphatic heterocycles. The molecule has 0 aliphatic carbocycles. The lowest BCUT2D eigenvalue weighted by molar-refractivity contribution is -0.141. The average Bonchev–Trinajstić information content (AvgIpc) is 2.92. The standard InChI is InChI=1S/C15H23N5O2/c1-11-7-12(3-4-16-11)15(22)19-5-6-20(14(21)10-19)13-8-17-18(2)9-13/h8-9,11-12,16H,3-7,10H2,1-2H3/t11-,12-/m0/s1. The van der Waals surface area contributed by atoms with Crippen LogP contribution in [0.3, 0.4) is 0 Å². The maximum atomic E-state index is 12.6. The highest BCUT2D eigenvalue weighted by atomic mass is 16.2. The molecule has 0 radical (unpaired) electrons. The van der Waals surface area contributed by atoms with Gasteiger partial charge in [0, 0.05) is 38.3 Å². The molecule has 2 fully saturated rings. The molecule has 0 bridgehead atoms. The Morgan fingerprint density at radius 3 is 2.86 bits per heavy atom. The minimum absolute atomic E-state index is 0.0328. The molecule has 2 aliphatic rings. The molecule has 2 saturated heterocycles. The number of amides is 2. The number of anilines is 1. The predicted molar refractivity (Wildman–Crippen MR) is 82.3 cm³/mol. The van der Waals surface area contributed by atoms with Crippen molar-refractivity contribution in [2.45, 2.75) is 25.8 Å². The van der Waals surface area contributed by atoms with Gasteiger partial charge in [-0.2, -0.15) is 5.10 Å². The molecule has 3 heterocycles. The number of nitrogens with one attached hydrogen (secondary N) is 1. The zero-order chi connectivity index (χ0) is 15.7. The first-order valence-corrected chi connectivity index (χ1v) is 7.86. The fourth-order valence-electron chi connectivity index (χ4n) is 3.30. The summed E-state index contributed by atoms with van der Waals surface area (Å²) in [7, 11) is 1.83. The van der Waals surface area contributed by atoms with Gasteiger partial charge in [-0.3, -0.25) is 14.3 Å². The van der Waals surface area contributed by atoms with Crippen LogP contribution in [0.25, 0.3) is 0 Å². The maximum absolute atomic E-state index is 12.6. The number of aromatic nitrogens is 2. The minimum Gasteiger partial charge on any atom is -0.331 e. The molecule has 7 heteroatoms. The van der Waals surface area contributed by atoms with Gasteiger partial charge in [-0.1, -0.05) is 0 Å². The van der Waals surface area contributed by atoms with Crippen LogP contribution >= 0.6 is 0 Å². The van der Waals surface area contributed by atoms with Crippen molar-refractivity contribution in [3.05, 3.63) is 12.4 Å². The largest absolute Gasteiger partial charge is 0.331 e. The molecule has 7 nitrogen and oxygen atoms in total. The van der Waals surface area contributed by atoms with Gasteiger partial charge in [0.25, 0.3) is 0 Å². The van der Waals surface area contributed by atoms with Gasteiger partial charge in [-0.15, -0.1) is 0 Å². The van der Waals surface area contributed by atoms with E-state index < -0.39 is 0 Å². The van der Waals surface area contributed by atoms with Crippen LogP contribution in [-0.4, -0.2) is 58.7 Å². The van der Waals surface area contributed by atoms with Crippen molar-refractivity contribution in [3.63, 3.8) is 0 Å². The van der Waals surface area contributed by atoms with Gasteiger partial charge in [-0.05, 0) is 26.3 Å². The number of nitrogens with zero attached hydrogens (tertiary/aromatic N) is 4. The highest BCUT2D eigenvalue weighted by molar-refractivity contribution is 5.98. The summed E-state index contributed by atoms with van der Waals surface area (Å²) in [4.78, 5) is 28.4. The Bertz CT molecular complexity index is 570. The topological polar surface area (TPSA) is 70.5 Å². The summed E-state index contributed by atoms with van der Waals surface area (Å²) >= 11 is 0. The van der Waals surface area contributed by atoms with Crippen molar-refractivity contribution in [1.82, 2.24) is 20.0 Å². The van der Waals surface area contributed by atoms with Gasteiger partial charge in [0.1, 0.15) is 6.54 Å². The summed E-state index contributed by atoms with van der Waals surface area (Å²) in [5, 5.41) is 7.45.